The van der Waals surface area contributed by atoms with Gasteiger partial charge in [-0.2, -0.15) is 0 Å². The van der Waals surface area contributed by atoms with E-state index in [0.717, 1.165) is 24.4 Å². The first kappa shape index (κ1) is 18.2. The van der Waals surface area contributed by atoms with Gasteiger partial charge in [0.2, 0.25) is 0 Å². The summed E-state index contributed by atoms with van der Waals surface area (Å²) in [5.74, 6) is 0.777. The number of anilines is 1. The molecule has 0 aliphatic carbocycles. The van der Waals surface area contributed by atoms with E-state index in [9.17, 15) is 0 Å². The molecule has 0 aromatic carbocycles. The Morgan fingerprint density at radius 1 is 1.05 bits per heavy atom. The minimum absolute atomic E-state index is 0.401. The summed E-state index contributed by atoms with van der Waals surface area (Å²) in [7, 11) is 0. The highest BCUT2D eigenvalue weighted by atomic mass is 35.5. The molecule has 1 atom stereocenters. The lowest BCUT2D eigenvalue weighted by Crippen LogP contribution is -2.16. The minimum Gasteiger partial charge on any atom is -0.366 e. The molecule has 1 N–H and O–H groups in total. The summed E-state index contributed by atoms with van der Waals surface area (Å²) in [6, 6.07) is 0.401. The highest BCUT2D eigenvalue weighted by Crippen LogP contribution is 2.23. The van der Waals surface area contributed by atoms with E-state index in [1.807, 2.05) is 0 Å². The van der Waals surface area contributed by atoms with E-state index in [1.165, 1.54) is 44.9 Å². The molecular formula is C17H30ClN3. The predicted octanol–water partition coefficient (Wildman–Crippen LogP) is 5.63. The van der Waals surface area contributed by atoms with Gasteiger partial charge in [-0.25, -0.2) is 9.97 Å². The second-order valence-electron chi connectivity index (χ2n) is 5.79. The second-order valence-corrected chi connectivity index (χ2v) is 6.17. The fourth-order valence-electron chi connectivity index (χ4n) is 2.47. The van der Waals surface area contributed by atoms with Crippen molar-refractivity contribution in [2.45, 2.75) is 84.6 Å². The van der Waals surface area contributed by atoms with E-state index in [-0.39, 0.29) is 0 Å². The quantitative estimate of drug-likeness (QED) is 0.538. The normalized spacial score (nSPS) is 12.4. The number of aromatic nitrogens is 2. The zero-order chi connectivity index (χ0) is 15.5. The Morgan fingerprint density at radius 3 is 2.38 bits per heavy atom. The van der Waals surface area contributed by atoms with Crippen LogP contribution < -0.4 is 5.32 Å². The molecule has 0 aliphatic heterocycles. The maximum absolute atomic E-state index is 6.30. The number of aryl methyl sites for hydroxylation is 1. The Balaban J connectivity index is 2.23. The van der Waals surface area contributed by atoms with E-state index < -0.39 is 0 Å². The van der Waals surface area contributed by atoms with Crippen molar-refractivity contribution in [3.05, 3.63) is 17.0 Å². The lowest BCUT2D eigenvalue weighted by atomic mass is 10.1. The van der Waals surface area contributed by atoms with Gasteiger partial charge in [-0.1, -0.05) is 70.4 Å². The number of hydrogen-bond acceptors (Lipinski definition) is 3. The van der Waals surface area contributed by atoms with E-state index in [1.54, 1.807) is 6.33 Å². The van der Waals surface area contributed by atoms with Gasteiger partial charge in [-0.05, 0) is 19.8 Å². The molecule has 0 saturated heterocycles. The standard InChI is InChI=1S/C17H30ClN3/c1-4-6-7-8-9-10-11-12-14(3)21-17-16(18)15(5-2)19-13-20-17/h13-14H,4-12H2,1-3H3,(H,19,20,21). The van der Waals surface area contributed by atoms with Gasteiger partial charge in [0, 0.05) is 6.04 Å². The molecule has 1 unspecified atom stereocenters. The zero-order valence-electron chi connectivity index (χ0n) is 13.8. The van der Waals surface area contributed by atoms with Gasteiger partial charge in [0.25, 0.3) is 0 Å². The molecular weight excluding hydrogens is 282 g/mol. The molecule has 21 heavy (non-hydrogen) atoms. The number of nitrogens with zero attached hydrogens (tertiary/aromatic N) is 2. The number of unbranched alkanes of at least 4 members (excludes halogenated alkanes) is 6. The van der Waals surface area contributed by atoms with E-state index >= 15 is 0 Å². The molecule has 0 amide bonds. The van der Waals surface area contributed by atoms with Crippen molar-refractivity contribution in [3.8, 4) is 0 Å². The van der Waals surface area contributed by atoms with Crippen molar-refractivity contribution in [2.24, 2.45) is 0 Å². The summed E-state index contributed by atoms with van der Waals surface area (Å²) in [6.45, 7) is 6.51. The van der Waals surface area contributed by atoms with Crippen molar-refractivity contribution in [2.75, 3.05) is 5.32 Å². The van der Waals surface area contributed by atoms with Crippen molar-refractivity contribution in [1.29, 1.82) is 0 Å². The second kappa shape index (κ2) is 10.8. The number of rotatable bonds is 11. The maximum Gasteiger partial charge on any atom is 0.148 e. The van der Waals surface area contributed by atoms with Crippen molar-refractivity contribution in [3.63, 3.8) is 0 Å². The highest BCUT2D eigenvalue weighted by Gasteiger charge is 2.10. The van der Waals surface area contributed by atoms with Crippen molar-refractivity contribution in [1.82, 2.24) is 9.97 Å². The van der Waals surface area contributed by atoms with E-state index in [4.69, 9.17) is 11.6 Å². The fourth-order valence-corrected chi connectivity index (χ4v) is 2.75. The molecule has 4 heteroatoms. The molecule has 1 aromatic rings. The minimum atomic E-state index is 0.401. The van der Waals surface area contributed by atoms with Gasteiger partial charge in [-0.15, -0.1) is 0 Å². The Bertz CT molecular complexity index is 396. The Labute approximate surface area is 134 Å². The average molecular weight is 312 g/mol. The third-order valence-corrected chi connectivity index (χ3v) is 4.22. The number of halogens is 1. The Kier molecular flexibility index (Phi) is 9.40. The van der Waals surface area contributed by atoms with Crippen LogP contribution in [-0.4, -0.2) is 16.0 Å². The van der Waals surface area contributed by atoms with Gasteiger partial charge < -0.3 is 5.32 Å². The molecule has 0 bridgehead atoms. The number of hydrogen-bond donors (Lipinski definition) is 1. The zero-order valence-corrected chi connectivity index (χ0v) is 14.5. The summed E-state index contributed by atoms with van der Waals surface area (Å²) < 4.78 is 0. The summed E-state index contributed by atoms with van der Waals surface area (Å²) in [6.07, 6.45) is 13.0. The van der Waals surface area contributed by atoms with Crippen LogP contribution in [0.2, 0.25) is 5.02 Å². The molecule has 1 rings (SSSR count). The Morgan fingerprint density at radius 2 is 1.71 bits per heavy atom. The lowest BCUT2D eigenvalue weighted by Gasteiger charge is -2.16. The molecule has 0 radical (unpaired) electrons. The van der Waals surface area contributed by atoms with Gasteiger partial charge in [0.05, 0.1) is 5.69 Å². The van der Waals surface area contributed by atoms with Crippen LogP contribution in [0.3, 0.4) is 0 Å². The maximum atomic E-state index is 6.30. The van der Waals surface area contributed by atoms with Gasteiger partial charge in [-0.3, -0.25) is 0 Å². The summed E-state index contributed by atoms with van der Waals surface area (Å²) >= 11 is 6.30. The van der Waals surface area contributed by atoms with Gasteiger partial charge >= 0.3 is 0 Å². The molecule has 120 valence electrons. The van der Waals surface area contributed by atoms with Crippen LogP contribution in [-0.2, 0) is 6.42 Å². The molecule has 3 nitrogen and oxygen atoms in total. The molecule has 0 aliphatic rings. The molecule has 1 aromatic heterocycles. The van der Waals surface area contributed by atoms with Crippen molar-refractivity contribution < 1.29 is 0 Å². The predicted molar refractivity (Wildman–Crippen MR) is 92.1 cm³/mol. The lowest BCUT2D eigenvalue weighted by molar-refractivity contribution is 0.557. The van der Waals surface area contributed by atoms with Crippen LogP contribution in [0.5, 0.6) is 0 Å². The van der Waals surface area contributed by atoms with Crippen LogP contribution in [0.4, 0.5) is 5.82 Å². The van der Waals surface area contributed by atoms with E-state index in [0.29, 0.717) is 11.1 Å². The fraction of sp³-hybridized carbons (Fsp3) is 0.765. The first-order chi connectivity index (χ1) is 10.2. The van der Waals surface area contributed by atoms with Gasteiger partial charge in [0.15, 0.2) is 0 Å². The first-order valence-corrected chi connectivity index (χ1v) is 8.82. The Hall–Kier alpha value is -0.830. The third-order valence-electron chi connectivity index (χ3n) is 3.82. The van der Waals surface area contributed by atoms with Crippen LogP contribution in [0.15, 0.2) is 6.33 Å². The summed E-state index contributed by atoms with van der Waals surface area (Å²) in [4.78, 5) is 8.44. The van der Waals surface area contributed by atoms with Crippen LogP contribution in [0, 0.1) is 0 Å². The van der Waals surface area contributed by atoms with Crippen LogP contribution in [0.1, 0.15) is 77.8 Å². The third kappa shape index (κ3) is 7.12. The van der Waals surface area contributed by atoms with Crippen LogP contribution >= 0.6 is 11.6 Å². The first-order valence-electron chi connectivity index (χ1n) is 8.44. The number of nitrogens with one attached hydrogen (secondary N) is 1. The smallest absolute Gasteiger partial charge is 0.148 e. The summed E-state index contributed by atoms with van der Waals surface area (Å²) in [5, 5.41) is 4.09. The highest BCUT2D eigenvalue weighted by molar-refractivity contribution is 6.33. The van der Waals surface area contributed by atoms with Crippen LogP contribution in [0.25, 0.3) is 0 Å². The molecule has 0 fully saturated rings. The largest absolute Gasteiger partial charge is 0.366 e. The molecule has 0 spiro atoms. The molecule has 1 heterocycles. The van der Waals surface area contributed by atoms with Gasteiger partial charge in [0.1, 0.15) is 17.2 Å². The molecule has 0 saturated carbocycles. The van der Waals surface area contributed by atoms with E-state index in [2.05, 4.69) is 36.1 Å². The van der Waals surface area contributed by atoms with Crippen molar-refractivity contribution >= 4 is 17.4 Å². The summed E-state index contributed by atoms with van der Waals surface area (Å²) in [5.41, 5.74) is 0.914. The monoisotopic (exact) mass is 311 g/mol. The average Bonchev–Trinajstić information content (AvgIpc) is 2.48. The topological polar surface area (TPSA) is 37.8 Å². The SMILES string of the molecule is CCCCCCCCCC(C)Nc1ncnc(CC)c1Cl.